The third-order valence-electron chi connectivity index (χ3n) is 12.3. The highest BCUT2D eigenvalue weighted by atomic mass is 16.6. The SMILES string of the molecule is CCCCCCCCCCCCCCCCCCO[C@@H]1[C@@H](OCCCCCCCCCCCCCCCCCC)CO[C@@H]1COC(=O)C1CCN(C)CC1. The van der Waals surface area contributed by atoms with E-state index in [1.807, 2.05) is 0 Å². The second-order valence-electron chi connectivity index (χ2n) is 17.4. The van der Waals surface area contributed by atoms with E-state index in [4.69, 9.17) is 18.9 Å². The molecule has 2 heterocycles. The zero-order valence-electron chi connectivity index (χ0n) is 36.6. The van der Waals surface area contributed by atoms with Crippen molar-refractivity contribution in [3.63, 3.8) is 0 Å². The maximum Gasteiger partial charge on any atom is 0.309 e. The molecule has 0 aromatic rings. The average molecular weight is 764 g/mol. The van der Waals surface area contributed by atoms with Gasteiger partial charge in [-0.1, -0.05) is 206 Å². The molecule has 0 aromatic carbocycles. The second-order valence-corrected chi connectivity index (χ2v) is 17.4. The van der Waals surface area contributed by atoms with Crippen LogP contribution < -0.4 is 0 Å². The van der Waals surface area contributed by atoms with Crippen molar-refractivity contribution in [2.75, 3.05) is 46.6 Å². The van der Waals surface area contributed by atoms with Crippen molar-refractivity contribution in [2.45, 2.75) is 250 Å². The van der Waals surface area contributed by atoms with E-state index in [0.29, 0.717) is 6.61 Å². The minimum absolute atomic E-state index is 0.00836. The Morgan fingerprint density at radius 3 is 1.26 bits per heavy atom. The highest BCUT2D eigenvalue weighted by Gasteiger charge is 2.40. The van der Waals surface area contributed by atoms with E-state index in [1.165, 1.54) is 193 Å². The molecule has 0 aromatic heterocycles. The summed E-state index contributed by atoms with van der Waals surface area (Å²) in [6.45, 7) is 8.79. The van der Waals surface area contributed by atoms with Crippen molar-refractivity contribution >= 4 is 5.97 Å². The molecule has 320 valence electrons. The van der Waals surface area contributed by atoms with Gasteiger partial charge in [0.1, 0.15) is 24.9 Å². The van der Waals surface area contributed by atoms with Gasteiger partial charge in [0.2, 0.25) is 0 Å². The Balaban J connectivity index is 1.54. The number of hydrogen-bond acceptors (Lipinski definition) is 6. The molecule has 0 radical (unpaired) electrons. The first kappa shape index (κ1) is 49.5. The van der Waals surface area contributed by atoms with Crippen molar-refractivity contribution in [1.82, 2.24) is 4.90 Å². The molecule has 0 saturated carbocycles. The molecule has 6 nitrogen and oxygen atoms in total. The summed E-state index contributed by atoms with van der Waals surface area (Å²) < 4.78 is 24.9. The number of hydrogen-bond donors (Lipinski definition) is 0. The molecular formula is C48H93NO5. The summed E-state index contributed by atoms with van der Waals surface area (Å²) in [5.74, 6) is -0.0604. The Labute approximate surface area is 336 Å². The summed E-state index contributed by atoms with van der Waals surface area (Å²) in [5.41, 5.74) is 0. The van der Waals surface area contributed by atoms with Crippen molar-refractivity contribution in [2.24, 2.45) is 5.92 Å². The van der Waals surface area contributed by atoms with E-state index in [9.17, 15) is 4.79 Å². The lowest BCUT2D eigenvalue weighted by molar-refractivity contribution is -0.156. The van der Waals surface area contributed by atoms with Gasteiger partial charge in [-0.15, -0.1) is 0 Å². The highest BCUT2D eigenvalue weighted by Crippen LogP contribution is 2.25. The molecule has 2 saturated heterocycles. The normalized spacial score (nSPS) is 19.6. The summed E-state index contributed by atoms with van der Waals surface area (Å²) in [6.07, 6.45) is 45.1. The fourth-order valence-corrected chi connectivity index (χ4v) is 8.43. The third-order valence-corrected chi connectivity index (χ3v) is 12.3. The Morgan fingerprint density at radius 1 is 0.519 bits per heavy atom. The molecule has 0 aliphatic carbocycles. The van der Waals surface area contributed by atoms with Crippen molar-refractivity contribution in [3.05, 3.63) is 0 Å². The van der Waals surface area contributed by atoms with Crippen LogP contribution >= 0.6 is 0 Å². The van der Waals surface area contributed by atoms with Gasteiger partial charge in [-0.2, -0.15) is 0 Å². The van der Waals surface area contributed by atoms with E-state index < -0.39 is 0 Å². The fraction of sp³-hybridized carbons (Fsp3) is 0.979. The summed E-state index contributed by atoms with van der Waals surface area (Å²) in [5, 5.41) is 0. The number of esters is 1. The van der Waals surface area contributed by atoms with Crippen LogP contribution in [0.4, 0.5) is 0 Å². The van der Waals surface area contributed by atoms with Crippen molar-refractivity contribution in [3.8, 4) is 0 Å². The van der Waals surface area contributed by atoms with Crippen molar-refractivity contribution in [1.29, 1.82) is 0 Å². The molecular weight excluding hydrogens is 671 g/mol. The van der Waals surface area contributed by atoms with E-state index in [0.717, 1.165) is 52.0 Å². The minimum Gasteiger partial charge on any atom is -0.463 e. The number of rotatable bonds is 39. The van der Waals surface area contributed by atoms with Crippen LogP contribution in [0.5, 0.6) is 0 Å². The summed E-state index contributed by atoms with van der Waals surface area (Å²) in [7, 11) is 2.12. The monoisotopic (exact) mass is 764 g/mol. The lowest BCUT2D eigenvalue weighted by atomic mass is 9.97. The van der Waals surface area contributed by atoms with Gasteiger partial charge in [0.15, 0.2) is 0 Å². The Bertz CT molecular complexity index is 802. The number of nitrogens with zero attached hydrogens (tertiary/aromatic N) is 1. The Morgan fingerprint density at radius 2 is 0.870 bits per heavy atom. The number of ether oxygens (including phenoxy) is 4. The van der Waals surface area contributed by atoms with Crippen molar-refractivity contribution < 1.29 is 23.7 Å². The number of likely N-dealkylation sites (tertiary alicyclic amines) is 1. The Hall–Kier alpha value is -0.690. The first-order chi connectivity index (χ1) is 26.7. The van der Waals surface area contributed by atoms with Gasteiger partial charge in [-0.3, -0.25) is 4.79 Å². The van der Waals surface area contributed by atoms with Gasteiger partial charge < -0.3 is 23.8 Å². The smallest absolute Gasteiger partial charge is 0.309 e. The number of carbonyl (C=O) groups excluding carboxylic acids is 1. The minimum atomic E-state index is -0.239. The predicted molar refractivity (Wildman–Crippen MR) is 229 cm³/mol. The standard InChI is InChI=1S/C48H93NO5/c1-4-6-8-10-12-14-16-18-20-22-24-26-28-30-32-34-40-51-45-42-53-46(43-54-48(50)44-36-38-49(3)39-37-44)47(45)52-41-35-33-31-29-27-25-23-21-19-17-15-13-11-9-7-5-2/h44-47H,4-43H2,1-3H3/t45-,46+,47+/m0/s1. The molecule has 0 amide bonds. The largest absolute Gasteiger partial charge is 0.463 e. The maximum absolute atomic E-state index is 12.9. The molecule has 0 spiro atoms. The summed E-state index contributed by atoms with van der Waals surface area (Å²) in [6, 6.07) is 0. The fourth-order valence-electron chi connectivity index (χ4n) is 8.43. The molecule has 0 bridgehead atoms. The van der Waals surface area contributed by atoms with E-state index in [2.05, 4.69) is 25.8 Å². The van der Waals surface area contributed by atoms with Gasteiger partial charge >= 0.3 is 5.97 Å². The van der Waals surface area contributed by atoms with E-state index >= 15 is 0 Å². The van der Waals surface area contributed by atoms with Crippen LogP contribution in [0.2, 0.25) is 0 Å². The van der Waals surface area contributed by atoms with Crippen LogP contribution in [0.25, 0.3) is 0 Å². The highest BCUT2D eigenvalue weighted by molar-refractivity contribution is 5.72. The molecule has 0 N–H and O–H groups in total. The van der Waals surface area contributed by atoms with Crippen LogP contribution in [-0.2, 0) is 23.7 Å². The van der Waals surface area contributed by atoms with Crippen LogP contribution in [0.1, 0.15) is 232 Å². The maximum atomic E-state index is 12.9. The molecule has 2 fully saturated rings. The molecule has 2 aliphatic rings. The zero-order chi connectivity index (χ0) is 38.6. The number of piperidine rings is 1. The first-order valence-corrected chi connectivity index (χ1v) is 24.4. The quantitative estimate of drug-likeness (QED) is 0.0459. The average Bonchev–Trinajstić information content (AvgIpc) is 3.57. The lowest BCUT2D eigenvalue weighted by Crippen LogP contribution is -2.39. The zero-order valence-corrected chi connectivity index (χ0v) is 36.6. The molecule has 2 rings (SSSR count). The Kier molecular flexibility index (Phi) is 33.6. The third kappa shape index (κ3) is 27.0. The first-order valence-electron chi connectivity index (χ1n) is 24.4. The molecule has 6 heteroatoms. The topological polar surface area (TPSA) is 57.2 Å². The number of unbranched alkanes of at least 4 members (excludes halogenated alkanes) is 30. The summed E-state index contributed by atoms with van der Waals surface area (Å²) >= 11 is 0. The van der Waals surface area contributed by atoms with Gasteiger partial charge in [0.05, 0.1) is 12.5 Å². The lowest BCUT2D eigenvalue weighted by Gasteiger charge is -2.28. The summed E-state index contributed by atoms with van der Waals surface area (Å²) in [4.78, 5) is 15.1. The predicted octanol–water partition coefficient (Wildman–Crippen LogP) is 13.6. The van der Waals surface area contributed by atoms with Crippen LogP contribution in [-0.4, -0.2) is 75.7 Å². The molecule has 3 atom stereocenters. The number of carbonyl (C=O) groups is 1. The van der Waals surface area contributed by atoms with Crippen LogP contribution in [0, 0.1) is 5.92 Å². The van der Waals surface area contributed by atoms with E-state index in [1.54, 1.807) is 0 Å². The van der Waals surface area contributed by atoms with Gasteiger partial charge in [-0.05, 0) is 45.8 Å². The molecule has 2 aliphatic heterocycles. The van der Waals surface area contributed by atoms with Gasteiger partial charge in [0.25, 0.3) is 0 Å². The second kappa shape index (κ2) is 36.6. The molecule has 54 heavy (non-hydrogen) atoms. The van der Waals surface area contributed by atoms with Gasteiger partial charge in [0, 0.05) is 13.2 Å². The van der Waals surface area contributed by atoms with E-state index in [-0.39, 0.29) is 36.8 Å². The van der Waals surface area contributed by atoms with Gasteiger partial charge in [-0.25, -0.2) is 0 Å². The van der Waals surface area contributed by atoms with Crippen LogP contribution in [0.15, 0.2) is 0 Å². The van der Waals surface area contributed by atoms with Crippen LogP contribution in [0.3, 0.4) is 0 Å². The molecule has 0 unspecified atom stereocenters.